The van der Waals surface area contributed by atoms with Crippen LogP contribution in [0.2, 0.25) is 0 Å². The van der Waals surface area contributed by atoms with E-state index in [1.165, 1.54) is 12.1 Å². The first-order valence-electron chi connectivity index (χ1n) is 11.3. The van der Waals surface area contributed by atoms with Crippen LogP contribution in [0.25, 0.3) is 16.7 Å². The Morgan fingerprint density at radius 1 is 1.06 bits per heavy atom. The predicted molar refractivity (Wildman–Crippen MR) is 121 cm³/mol. The summed E-state index contributed by atoms with van der Waals surface area (Å²) >= 11 is 0. The molecule has 6 nitrogen and oxygen atoms in total. The molecule has 2 N–H and O–H groups in total. The highest BCUT2D eigenvalue weighted by atomic mass is 19.2. The first-order chi connectivity index (χ1) is 15.5. The van der Waals surface area contributed by atoms with Gasteiger partial charge in [0.2, 0.25) is 0 Å². The van der Waals surface area contributed by atoms with Crippen molar-refractivity contribution in [2.75, 3.05) is 36.5 Å². The lowest BCUT2D eigenvalue weighted by Gasteiger charge is -2.38. The Balaban J connectivity index is 1.48. The molecule has 3 aliphatic rings. The molecule has 168 valence electrons. The zero-order valence-electron chi connectivity index (χ0n) is 18.2. The average molecular weight is 440 g/mol. The minimum atomic E-state index is -0.844. The van der Waals surface area contributed by atoms with Gasteiger partial charge in [-0.1, -0.05) is 0 Å². The van der Waals surface area contributed by atoms with E-state index in [2.05, 4.69) is 41.5 Å². The zero-order chi connectivity index (χ0) is 22.0. The third kappa shape index (κ3) is 3.24. The lowest BCUT2D eigenvalue weighted by Crippen LogP contribution is -2.54. The molecule has 2 saturated heterocycles. The van der Waals surface area contributed by atoms with Crippen molar-refractivity contribution in [2.45, 2.75) is 38.4 Å². The lowest BCUT2D eigenvalue weighted by atomic mass is 9.95. The number of benzene rings is 1. The standard InChI is InChI=1S/C24H27F2N5O/c1-13-9-30(10-14(2)27-13)23-4-3-19-24(29-23)31-21-8-18(26)17(25)6-16(21)7-22(31)20(28-19)5-15-11-32-12-15/h3-4,6-8,13-15,20,27-28H,5,9-12H2,1-2H3/t13-,14+,20?. The van der Waals surface area contributed by atoms with E-state index >= 15 is 0 Å². The summed E-state index contributed by atoms with van der Waals surface area (Å²) in [6.45, 7) is 7.59. The quantitative estimate of drug-likeness (QED) is 0.646. The number of hydrogen-bond acceptors (Lipinski definition) is 5. The van der Waals surface area contributed by atoms with Gasteiger partial charge in [-0.2, -0.15) is 0 Å². The summed E-state index contributed by atoms with van der Waals surface area (Å²) in [5.41, 5.74) is 2.53. The molecule has 6 rings (SSSR count). The van der Waals surface area contributed by atoms with E-state index in [1.54, 1.807) is 0 Å². The first-order valence-corrected chi connectivity index (χ1v) is 11.3. The molecule has 0 spiro atoms. The van der Waals surface area contributed by atoms with Crippen molar-refractivity contribution in [3.05, 3.63) is 47.7 Å². The van der Waals surface area contributed by atoms with Gasteiger partial charge in [0.1, 0.15) is 5.82 Å². The van der Waals surface area contributed by atoms with Crippen molar-refractivity contribution in [2.24, 2.45) is 5.92 Å². The van der Waals surface area contributed by atoms with Gasteiger partial charge in [0.15, 0.2) is 17.5 Å². The van der Waals surface area contributed by atoms with Crippen molar-refractivity contribution < 1.29 is 13.5 Å². The van der Waals surface area contributed by atoms with Gasteiger partial charge in [-0.15, -0.1) is 0 Å². The van der Waals surface area contributed by atoms with Crippen LogP contribution in [0.1, 0.15) is 32.0 Å². The first kappa shape index (κ1) is 19.9. The van der Waals surface area contributed by atoms with Gasteiger partial charge in [0, 0.05) is 48.2 Å². The molecule has 8 heteroatoms. The normalized spacial score (nSPS) is 25.2. The number of hydrogen-bond donors (Lipinski definition) is 2. The molecule has 1 aromatic carbocycles. The van der Waals surface area contributed by atoms with Crippen LogP contribution in [0.15, 0.2) is 30.3 Å². The van der Waals surface area contributed by atoms with Gasteiger partial charge >= 0.3 is 0 Å². The summed E-state index contributed by atoms with van der Waals surface area (Å²) in [5.74, 6) is 0.432. The molecule has 2 fully saturated rings. The molecule has 5 heterocycles. The number of fused-ring (bicyclic) bond motifs is 5. The highest BCUT2D eigenvalue weighted by Crippen LogP contribution is 2.41. The number of ether oxygens (including phenoxy) is 1. The van der Waals surface area contributed by atoms with Gasteiger partial charge in [0.25, 0.3) is 0 Å². The van der Waals surface area contributed by atoms with Gasteiger partial charge in [-0.3, -0.25) is 4.57 Å². The number of anilines is 2. The summed E-state index contributed by atoms with van der Waals surface area (Å²) < 4.78 is 35.6. The van der Waals surface area contributed by atoms with E-state index in [0.29, 0.717) is 28.9 Å². The summed E-state index contributed by atoms with van der Waals surface area (Å²) in [7, 11) is 0. The molecule has 1 unspecified atom stereocenters. The molecule has 2 aromatic heterocycles. The number of nitrogens with zero attached hydrogens (tertiary/aromatic N) is 3. The molecule has 3 atom stereocenters. The highest BCUT2D eigenvalue weighted by molar-refractivity contribution is 5.86. The Kier molecular flexibility index (Phi) is 4.62. The van der Waals surface area contributed by atoms with Crippen molar-refractivity contribution in [1.29, 1.82) is 0 Å². The fraction of sp³-hybridized carbons (Fsp3) is 0.458. The van der Waals surface area contributed by atoms with Gasteiger partial charge in [0.05, 0.1) is 30.5 Å². The molecule has 32 heavy (non-hydrogen) atoms. The maximum Gasteiger partial charge on any atom is 0.163 e. The van der Waals surface area contributed by atoms with E-state index in [9.17, 15) is 8.78 Å². The lowest BCUT2D eigenvalue weighted by molar-refractivity contribution is -0.0377. The van der Waals surface area contributed by atoms with Gasteiger partial charge in [-0.25, -0.2) is 13.8 Å². The van der Waals surface area contributed by atoms with Gasteiger partial charge < -0.3 is 20.3 Å². The van der Waals surface area contributed by atoms with Crippen LogP contribution in [0.4, 0.5) is 20.3 Å². The Morgan fingerprint density at radius 2 is 1.81 bits per heavy atom. The minimum Gasteiger partial charge on any atom is -0.381 e. The molecular weight excluding hydrogens is 412 g/mol. The van der Waals surface area contributed by atoms with E-state index in [1.807, 2.05) is 10.6 Å². The predicted octanol–water partition coefficient (Wildman–Crippen LogP) is 3.99. The molecule has 0 saturated carbocycles. The van der Waals surface area contributed by atoms with Gasteiger partial charge in [-0.05, 0) is 44.5 Å². The average Bonchev–Trinajstić information content (AvgIpc) is 3.08. The fourth-order valence-corrected chi connectivity index (χ4v) is 5.32. The fourth-order valence-electron chi connectivity index (χ4n) is 5.32. The van der Waals surface area contributed by atoms with Crippen molar-refractivity contribution >= 4 is 22.4 Å². The van der Waals surface area contributed by atoms with Crippen molar-refractivity contribution in [3.8, 4) is 5.82 Å². The Bertz CT molecular complexity index is 1180. The van der Waals surface area contributed by atoms with Crippen LogP contribution in [0, 0.1) is 17.6 Å². The largest absolute Gasteiger partial charge is 0.381 e. The molecule has 0 radical (unpaired) electrons. The summed E-state index contributed by atoms with van der Waals surface area (Å²) in [5, 5.41) is 7.86. The summed E-state index contributed by atoms with van der Waals surface area (Å²) in [4.78, 5) is 7.31. The van der Waals surface area contributed by atoms with Crippen LogP contribution < -0.4 is 15.5 Å². The van der Waals surface area contributed by atoms with Crippen LogP contribution in [0.3, 0.4) is 0 Å². The number of nitrogens with one attached hydrogen (secondary N) is 2. The minimum absolute atomic E-state index is 0.0294. The topological polar surface area (TPSA) is 54.4 Å². The number of aromatic nitrogens is 2. The van der Waals surface area contributed by atoms with Crippen LogP contribution >= 0.6 is 0 Å². The number of rotatable bonds is 3. The summed E-state index contributed by atoms with van der Waals surface area (Å²) in [6, 6.07) is 9.40. The number of halogens is 2. The van der Waals surface area contributed by atoms with Crippen LogP contribution in [-0.2, 0) is 4.74 Å². The second kappa shape index (κ2) is 7.42. The van der Waals surface area contributed by atoms with Crippen LogP contribution in [0.5, 0.6) is 0 Å². The third-order valence-electron chi connectivity index (χ3n) is 6.79. The molecule has 3 aliphatic heterocycles. The highest BCUT2D eigenvalue weighted by Gasteiger charge is 2.32. The smallest absolute Gasteiger partial charge is 0.163 e. The molecule has 3 aromatic rings. The summed E-state index contributed by atoms with van der Waals surface area (Å²) in [6.07, 6.45) is 0.898. The van der Waals surface area contributed by atoms with Crippen LogP contribution in [-0.4, -0.2) is 47.9 Å². The molecule has 0 amide bonds. The zero-order valence-corrected chi connectivity index (χ0v) is 18.2. The van der Waals surface area contributed by atoms with E-state index < -0.39 is 11.6 Å². The SMILES string of the molecule is C[C@@H]1CN(c2ccc3c(n2)-n2c(cc4cc(F)c(F)cc42)C(CC2COC2)N3)C[C@H](C)N1. The molecular formula is C24H27F2N5O. The third-order valence-corrected chi connectivity index (χ3v) is 6.79. The molecule has 0 bridgehead atoms. The van der Waals surface area contributed by atoms with Crippen molar-refractivity contribution in [1.82, 2.24) is 14.9 Å². The Hall–Kier alpha value is -2.71. The number of pyridine rings is 1. The monoisotopic (exact) mass is 439 g/mol. The number of piperazine rings is 1. The van der Waals surface area contributed by atoms with E-state index in [4.69, 9.17) is 9.72 Å². The second-order valence-corrected chi connectivity index (χ2v) is 9.48. The maximum atomic E-state index is 14.2. The second-order valence-electron chi connectivity index (χ2n) is 9.48. The van der Waals surface area contributed by atoms with Crippen molar-refractivity contribution in [3.63, 3.8) is 0 Å². The van der Waals surface area contributed by atoms with E-state index in [0.717, 1.165) is 55.7 Å². The Morgan fingerprint density at radius 3 is 2.53 bits per heavy atom. The molecule has 0 aliphatic carbocycles. The Labute approximate surface area is 185 Å². The maximum absolute atomic E-state index is 14.2. The van der Waals surface area contributed by atoms with E-state index in [-0.39, 0.29) is 6.04 Å².